The van der Waals surface area contributed by atoms with E-state index in [0.29, 0.717) is 18.8 Å². The van der Waals surface area contributed by atoms with E-state index >= 15 is 0 Å². The predicted molar refractivity (Wildman–Crippen MR) is 83.2 cm³/mol. The first-order valence-corrected chi connectivity index (χ1v) is 8.19. The van der Waals surface area contributed by atoms with Crippen LogP contribution in [-0.2, 0) is 16.1 Å². The summed E-state index contributed by atoms with van der Waals surface area (Å²) >= 11 is 0. The van der Waals surface area contributed by atoms with Crippen molar-refractivity contribution in [1.82, 2.24) is 19.1 Å². The highest BCUT2D eigenvalue weighted by Crippen LogP contribution is 2.28. The lowest BCUT2D eigenvalue weighted by Gasteiger charge is -2.43. The molecule has 0 unspecified atom stereocenters. The van der Waals surface area contributed by atoms with E-state index in [0.717, 1.165) is 25.7 Å². The van der Waals surface area contributed by atoms with Crippen molar-refractivity contribution in [2.45, 2.75) is 44.4 Å². The van der Waals surface area contributed by atoms with Crippen LogP contribution in [0.5, 0.6) is 0 Å². The summed E-state index contributed by atoms with van der Waals surface area (Å²) in [6, 6.07) is 5.51. The molecule has 0 spiro atoms. The van der Waals surface area contributed by atoms with E-state index in [9.17, 15) is 9.59 Å². The fourth-order valence-electron chi connectivity index (χ4n) is 3.70. The van der Waals surface area contributed by atoms with Crippen molar-refractivity contribution in [2.24, 2.45) is 0 Å². The molecule has 7 nitrogen and oxygen atoms in total. The van der Waals surface area contributed by atoms with Crippen molar-refractivity contribution in [3.8, 4) is 0 Å². The zero-order valence-corrected chi connectivity index (χ0v) is 12.9. The Kier molecular flexibility index (Phi) is 3.65. The molecule has 4 rings (SSSR count). The van der Waals surface area contributed by atoms with E-state index < -0.39 is 0 Å². The van der Waals surface area contributed by atoms with E-state index in [4.69, 9.17) is 4.74 Å². The topological polar surface area (TPSA) is 68.8 Å². The molecule has 1 saturated heterocycles. The average Bonchev–Trinajstić information content (AvgIpc) is 2.90. The number of nitrogens with zero attached hydrogens (tertiary/aromatic N) is 4. The number of aromatic nitrogens is 3. The van der Waals surface area contributed by atoms with E-state index in [-0.39, 0.29) is 30.3 Å². The van der Waals surface area contributed by atoms with Crippen LogP contribution in [0.2, 0.25) is 0 Å². The van der Waals surface area contributed by atoms with Crippen molar-refractivity contribution in [3.63, 3.8) is 0 Å². The van der Waals surface area contributed by atoms with Gasteiger partial charge in [0, 0.05) is 12.7 Å². The fourth-order valence-corrected chi connectivity index (χ4v) is 3.70. The van der Waals surface area contributed by atoms with Gasteiger partial charge in [0.1, 0.15) is 6.54 Å². The number of fused-ring (bicyclic) bond motifs is 2. The summed E-state index contributed by atoms with van der Waals surface area (Å²) in [5, 5.41) is 4.24. The van der Waals surface area contributed by atoms with Crippen molar-refractivity contribution >= 4 is 11.6 Å². The number of amides is 1. The highest BCUT2D eigenvalue weighted by atomic mass is 16.5. The van der Waals surface area contributed by atoms with Crippen LogP contribution in [0, 0.1) is 0 Å². The van der Waals surface area contributed by atoms with Gasteiger partial charge in [-0.25, -0.2) is 9.48 Å². The van der Waals surface area contributed by atoms with Crippen LogP contribution in [0.3, 0.4) is 0 Å². The lowest BCUT2D eigenvalue weighted by Crippen LogP contribution is -2.55. The van der Waals surface area contributed by atoms with Gasteiger partial charge in [0.2, 0.25) is 5.91 Å². The molecular weight excluding hydrogens is 296 g/mol. The quantitative estimate of drug-likeness (QED) is 0.816. The van der Waals surface area contributed by atoms with Gasteiger partial charge in [-0.3, -0.25) is 9.20 Å². The molecular formula is C16H20N4O3. The number of rotatable bonds is 2. The van der Waals surface area contributed by atoms with Gasteiger partial charge >= 0.3 is 5.69 Å². The maximum Gasteiger partial charge on any atom is 0.350 e. The Morgan fingerprint density at radius 3 is 3.04 bits per heavy atom. The Bertz CT molecular complexity index is 779. The van der Waals surface area contributed by atoms with Crippen molar-refractivity contribution in [3.05, 3.63) is 34.9 Å². The average molecular weight is 316 g/mol. The number of hydrogen-bond donors (Lipinski definition) is 0. The molecule has 2 fully saturated rings. The molecule has 0 bridgehead atoms. The maximum atomic E-state index is 12.7. The summed E-state index contributed by atoms with van der Waals surface area (Å²) in [4.78, 5) is 26.9. The number of morpholine rings is 1. The maximum absolute atomic E-state index is 12.7. The van der Waals surface area contributed by atoms with Gasteiger partial charge in [0.05, 0.1) is 18.8 Å². The zero-order valence-electron chi connectivity index (χ0n) is 12.9. The highest BCUT2D eigenvalue weighted by Gasteiger charge is 2.36. The summed E-state index contributed by atoms with van der Waals surface area (Å²) in [6.07, 6.45) is 6.10. The predicted octanol–water partition coefficient (Wildman–Crippen LogP) is 0.666. The first kappa shape index (κ1) is 14.4. The third-order valence-electron chi connectivity index (χ3n) is 4.83. The van der Waals surface area contributed by atoms with E-state index in [1.807, 2.05) is 11.0 Å². The number of pyridine rings is 1. The van der Waals surface area contributed by atoms with E-state index in [2.05, 4.69) is 5.10 Å². The first-order chi connectivity index (χ1) is 11.2. The fraction of sp³-hybridized carbons (Fsp3) is 0.562. The van der Waals surface area contributed by atoms with Crippen LogP contribution in [0.1, 0.15) is 25.7 Å². The Labute approximate surface area is 133 Å². The van der Waals surface area contributed by atoms with E-state index in [1.165, 1.54) is 9.08 Å². The van der Waals surface area contributed by atoms with Gasteiger partial charge in [0.25, 0.3) is 0 Å². The first-order valence-electron chi connectivity index (χ1n) is 8.19. The van der Waals surface area contributed by atoms with Gasteiger partial charge in [-0.05, 0) is 25.0 Å². The van der Waals surface area contributed by atoms with Crippen LogP contribution < -0.4 is 5.69 Å². The lowest BCUT2D eigenvalue weighted by molar-refractivity contribution is -0.150. The van der Waals surface area contributed by atoms with E-state index in [1.54, 1.807) is 18.3 Å². The molecule has 122 valence electrons. The molecule has 23 heavy (non-hydrogen) atoms. The molecule has 1 amide bonds. The SMILES string of the molecule is O=C(Cn1nc2ccccn2c1=O)N1CCO[C@H]2CCCC[C@@H]21. The van der Waals surface area contributed by atoms with Crippen LogP contribution in [-0.4, -0.2) is 50.3 Å². The molecule has 3 heterocycles. The Balaban J connectivity index is 1.56. The second-order valence-corrected chi connectivity index (χ2v) is 6.22. The van der Waals surface area contributed by atoms with Gasteiger partial charge in [0.15, 0.2) is 5.65 Å². The monoisotopic (exact) mass is 316 g/mol. The summed E-state index contributed by atoms with van der Waals surface area (Å²) in [5.74, 6) is -0.0456. The minimum absolute atomic E-state index is 0.0102. The molecule has 0 N–H and O–H groups in total. The van der Waals surface area contributed by atoms with Gasteiger partial charge in [-0.1, -0.05) is 18.9 Å². The molecule has 7 heteroatoms. The third-order valence-corrected chi connectivity index (χ3v) is 4.83. The molecule has 1 aliphatic carbocycles. The smallest absolute Gasteiger partial charge is 0.350 e. The Morgan fingerprint density at radius 1 is 1.30 bits per heavy atom. The van der Waals surface area contributed by atoms with Crippen LogP contribution >= 0.6 is 0 Å². The number of carbonyl (C=O) groups excluding carboxylic acids is 1. The molecule has 1 aliphatic heterocycles. The number of carbonyl (C=O) groups is 1. The van der Waals surface area contributed by atoms with Crippen molar-refractivity contribution in [1.29, 1.82) is 0 Å². The molecule has 2 aromatic rings. The second kappa shape index (κ2) is 5.81. The summed E-state index contributed by atoms with van der Waals surface area (Å²) in [6.45, 7) is 1.17. The Hall–Kier alpha value is -2.15. The van der Waals surface area contributed by atoms with Crippen LogP contribution in [0.4, 0.5) is 0 Å². The van der Waals surface area contributed by atoms with Crippen LogP contribution in [0.15, 0.2) is 29.2 Å². The third kappa shape index (κ3) is 2.55. The molecule has 2 atom stereocenters. The van der Waals surface area contributed by atoms with Crippen molar-refractivity contribution < 1.29 is 9.53 Å². The standard InChI is InChI=1S/C16H20N4O3/c21-15(18-9-10-23-13-6-2-1-5-12(13)18)11-20-16(22)19-8-4-3-7-14(19)17-20/h3-4,7-8,12-13H,1-2,5-6,9-11H2/t12-,13-/m0/s1. The highest BCUT2D eigenvalue weighted by molar-refractivity contribution is 5.76. The van der Waals surface area contributed by atoms with Gasteiger partial charge < -0.3 is 9.64 Å². The summed E-state index contributed by atoms with van der Waals surface area (Å²) in [7, 11) is 0. The largest absolute Gasteiger partial charge is 0.374 e. The summed E-state index contributed by atoms with van der Waals surface area (Å²) in [5.41, 5.74) is 0.283. The molecule has 2 aromatic heterocycles. The molecule has 1 saturated carbocycles. The minimum Gasteiger partial charge on any atom is -0.374 e. The van der Waals surface area contributed by atoms with Crippen molar-refractivity contribution in [2.75, 3.05) is 13.2 Å². The second-order valence-electron chi connectivity index (χ2n) is 6.22. The number of ether oxygens (including phenoxy) is 1. The van der Waals surface area contributed by atoms with Gasteiger partial charge in [-0.15, -0.1) is 5.10 Å². The Morgan fingerprint density at radius 2 is 2.17 bits per heavy atom. The minimum atomic E-state index is -0.276. The number of hydrogen-bond acceptors (Lipinski definition) is 4. The van der Waals surface area contributed by atoms with Crippen LogP contribution in [0.25, 0.3) is 5.65 Å². The molecule has 0 radical (unpaired) electrons. The molecule has 0 aromatic carbocycles. The van der Waals surface area contributed by atoms with Gasteiger partial charge in [-0.2, -0.15) is 0 Å². The zero-order chi connectivity index (χ0) is 15.8. The molecule has 2 aliphatic rings. The lowest BCUT2D eigenvalue weighted by atomic mass is 9.90. The summed E-state index contributed by atoms with van der Waals surface area (Å²) < 4.78 is 8.51. The normalized spacial score (nSPS) is 24.6.